The molecule has 0 aliphatic carbocycles. The molecule has 0 amide bonds. The normalized spacial score (nSPS) is 18.8. The maximum atomic E-state index is 10.3. The molecule has 5 nitrogen and oxygen atoms in total. The molecule has 0 bridgehead atoms. The first-order chi connectivity index (χ1) is 7.86. The lowest BCUT2D eigenvalue weighted by molar-refractivity contribution is -0.109. The fraction of sp³-hybridized carbons (Fsp3) is 0.909. The predicted molar refractivity (Wildman–Crippen MR) is 61.6 cm³/mol. The van der Waals surface area contributed by atoms with Crippen molar-refractivity contribution >= 4 is 6.29 Å². The Morgan fingerprint density at radius 3 is 2.38 bits per heavy atom. The second-order valence-corrected chi connectivity index (χ2v) is 3.91. The SMILES string of the molecule is COCCOCCN1CCN(CC=O)CC1. The van der Waals surface area contributed by atoms with Gasteiger partial charge in [-0.15, -0.1) is 0 Å². The largest absolute Gasteiger partial charge is 0.382 e. The van der Waals surface area contributed by atoms with E-state index >= 15 is 0 Å². The van der Waals surface area contributed by atoms with Gasteiger partial charge in [-0.3, -0.25) is 9.80 Å². The Morgan fingerprint density at radius 2 is 1.75 bits per heavy atom. The molecule has 1 aliphatic heterocycles. The smallest absolute Gasteiger partial charge is 0.133 e. The monoisotopic (exact) mass is 230 g/mol. The summed E-state index contributed by atoms with van der Waals surface area (Å²) in [5.74, 6) is 0. The molecule has 0 radical (unpaired) electrons. The first-order valence-electron chi connectivity index (χ1n) is 5.82. The summed E-state index contributed by atoms with van der Waals surface area (Å²) in [6, 6.07) is 0. The first kappa shape index (κ1) is 13.6. The molecular weight excluding hydrogens is 208 g/mol. The fourth-order valence-corrected chi connectivity index (χ4v) is 1.74. The van der Waals surface area contributed by atoms with E-state index in [-0.39, 0.29) is 0 Å². The highest BCUT2D eigenvalue weighted by Gasteiger charge is 2.15. The molecule has 1 aliphatic rings. The van der Waals surface area contributed by atoms with Crippen molar-refractivity contribution in [3.63, 3.8) is 0 Å². The molecule has 94 valence electrons. The molecular formula is C11H22N2O3. The maximum absolute atomic E-state index is 10.3. The minimum Gasteiger partial charge on any atom is -0.382 e. The van der Waals surface area contributed by atoms with E-state index in [0.717, 1.165) is 45.6 Å². The van der Waals surface area contributed by atoms with Gasteiger partial charge in [0.25, 0.3) is 0 Å². The van der Waals surface area contributed by atoms with Gasteiger partial charge in [0.15, 0.2) is 0 Å². The van der Waals surface area contributed by atoms with Gasteiger partial charge in [0.1, 0.15) is 6.29 Å². The number of aldehydes is 1. The molecule has 0 aromatic rings. The summed E-state index contributed by atoms with van der Waals surface area (Å²) in [4.78, 5) is 14.9. The molecule has 1 fully saturated rings. The molecule has 0 saturated carbocycles. The van der Waals surface area contributed by atoms with E-state index in [9.17, 15) is 4.79 Å². The topological polar surface area (TPSA) is 42.0 Å². The van der Waals surface area contributed by atoms with E-state index in [1.807, 2.05) is 0 Å². The van der Waals surface area contributed by atoms with Gasteiger partial charge in [-0.1, -0.05) is 0 Å². The van der Waals surface area contributed by atoms with Crippen LogP contribution in [0.15, 0.2) is 0 Å². The number of hydrogen-bond donors (Lipinski definition) is 0. The number of piperazine rings is 1. The Bertz CT molecular complexity index is 182. The Labute approximate surface area is 97.3 Å². The zero-order valence-electron chi connectivity index (χ0n) is 10.1. The molecule has 0 N–H and O–H groups in total. The van der Waals surface area contributed by atoms with Crippen molar-refractivity contribution in [2.24, 2.45) is 0 Å². The van der Waals surface area contributed by atoms with Crippen LogP contribution in [-0.4, -0.2) is 82.3 Å². The quantitative estimate of drug-likeness (QED) is 0.414. The molecule has 0 aromatic heterocycles. The van der Waals surface area contributed by atoms with E-state index in [1.165, 1.54) is 0 Å². The van der Waals surface area contributed by atoms with Gasteiger partial charge in [-0.25, -0.2) is 0 Å². The van der Waals surface area contributed by atoms with Gasteiger partial charge in [0.05, 0.1) is 26.4 Å². The Morgan fingerprint density at radius 1 is 1.06 bits per heavy atom. The molecule has 5 heteroatoms. The molecule has 0 atom stereocenters. The number of hydrogen-bond acceptors (Lipinski definition) is 5. The summed E-state index contributed by atoms with van der Waals surface area (Å²) in [7, 11) is 1.68. The Balaban J connectivity index is 1.97. The van der Waals surface area contributed by atoms with Crippen LogP contribution >= 0.6 is 0 Å². The average molecular weight is 230 g/mol. The Hall–Kier alpha value is -0.490. The van der Waals surface area contributed by atoms with Crippen molar-refractivity contribution in [3.8, 4) is 0 Å². The third-order valence-corrected chi connectivity index (χ3v) is 2.78. The third kappa shape index (κ3) is 5.55. The van der Waals surface area contributed by atoms with E-state index in [0.29, 0.717) is 19.8 Å². The van der Waals surface area contributed by atoms with Crippen LogP contribution in [0.3, 0.4) is 0 Å². The van der Waals surface area contributed by atoms with Crippen molar-refractivity contribution in [3.05, 3.63) is 0 Å². The lowest BCUT2D eigenvalue weighted by Gasteiger charge is -2.33. The van der Waals surface area contributed by atoms with Gasteiger partial charge in [0.2, 0.25) is 0 Å². The minimum atomic E-state index is 0.568. The van der Waals surface area contributed by atoms with Crippen molar-refractivity contribution < 1.29 is 14.3 Å². The second-order valence-electron chi connectivity index (χ2n) is 3.91. The highest BCUT2D eigenvalue weighted by Crippen LogP contribution is 1.99. The first-order valence-corrected chi connectivity index (χ1v) is 5.82. The van der Waals surface area contributed by atoms with Crippen LogP contribution in [0.2, 0.25) is 0 Å². The summed E-state index contributed by atoms with van der Waals surface area (Å²) in [5.41, 5.74) is 0. The molecule has 0 aromatic carbocycles. The summed E-state index contributed by atoms with van der Waals surface area (Å²) < 4.78 is 10.3. The molecule has 1 saturated heterocycles. The van der Waals surface area contributed by atoms with E-state index in [4.69, 9.17) is 9.47 Å². The second kappa shape index (κ2) is 8.64. The summed E-state index contributed by atoms with van der Waals surface area (Å²) in [5, 5.41) is 0. The van der Waals surface area contributed by atoms with Gasteiger partial charge in [0, 0.05) is 39.8 Å². The Kier molecular flexibility index (Phi) is 7.33. The van der Waals surface area contributed by atoms with Gasteiger partial charge in [-0.05, 0) is 0 Å². The molecule has 16 heavy (non-hydrogen) atoms. The van der Waals surface area contributed by atoms with Crippen molar-refractivity contribution in [2.75, 3.05) is 66.2 Å². The maximum Gasteiger partial charge on any atom is 0.133 e. The summed E-state index contributed by atoms with van der Waals surface area (Å²) >= 11 is 0. The number of nitrogens with zero attached hydrogens (tertiary/aromatic N) is 2. The van der Waals surface area contributed by atoms with Crippen LogP contribution in [-0.2, 0) is 14.3 Å². The van der Waals surface area contributed by atoms with E-state index in [2.05, 4.69) is 9.80 Å². The van der Waals surface area contributed by atoms with Crippen LogP contribution in [0.4, 0.5) is 0 Å². The number of carbonyl (C=O) groups is 1. The van der Waals surface area contributed by atoms with Crippen LogP contribution in [0, 0.1) is 0 Å². The summed E-state index contributed by atoms with van der Waals surface area (Å²) in [6.07, 6.45) is 0.976. The fourth-order valence-electron chi connectivity index (χ4n) is 1.74. The van der Waals surface area contributed by atoms with Gasteiger partial charge in [-0.2, -0.15) is 0 Å². The van der Waals surface area contributed by atoms with Crippen LogP contribution in [0.5, 0.6) is 0 Å². The zero-order valence-corrected chi connectivity index (χ0v) is 10.1. The van der Waals surface area contributed by atoms with Crippen molar-refractivity contribution in [2.45, 2.75) is 0 Å². The van der Waals surface area contributed by atoms with Crippen LogP contribution in [0.25, 0.3) is 0 Å². The van der Waals surface area contributed by atoms with Crippen molar-refractivity contribution in [1.29, 1.82) is 0 Å². The number of rotatable bonds is 8. The standard InChI is InChI=1S/C11H22N2O3/c1-15-10-11-16-9-7-13-4-2-12(3-5-13)6-8-14/h8H,2-7,9-11H2,1H3. The van der Waals surface area contributed by atoms with E-state index in [1.54, 1.807) is 7.11 Å². The zero-order chi connectivity index (χ0) is 11.6. The van der Waals surface area contributed by atoms with Crippen LogP contribution < -0.4 is 0 Å². The van der Waals surface area contributed by atoms with Crippen LogP contribution in [0.1, 0.15) is 0 Å². The minimum absolute atomic E-state index is 0.568. The molecule has 0 unspecified atom stereocenters. The lowest BCUT2D eigenvalue weighted by Crippen LogP contribution is -2.47. The lowest BCUT2D eigenvalue weighted by atomic mass is 10.3. The van der Waals surface area contributed by atoms with Gasteiger partial charge < -0.3 is 14.3 Å². The van der Waals surface area contributed by atoms with E-state index < -0.39 is 0 Å². The number of methoxy groups -OCH3 is 1. The highest BCUT2D eigenvalue weighted by atomic mass is 16.5. The highest BCUT2D eigenvalue weighted by molar-refractivity contribution is 5.51. The number of ether oxygens (including phenoxy) is 2. The predicted octanol–water partition coefficient (Wildman–Crippen LogP) is -0.534. The van der Waals surface area contributed by atoms with Crippen molar-refractivity contribution in [1.82, 2.24) is 9.80 Å². The van der Waals surface area contributed by atoms with Gasteiger partial charge >= 0.3 is 0 Å². The molecule has 1 heterocycles. The third-order valence-electron chi connectivity index (χ3n) is 2.78. The number of carbonyl (C=O) groups excluding carboxylic acids is 1. The average Bonchev–Trinajstić information content (AvgIpc) is 2.31. The molecule has 0 spiro atoms. The molecule has 1 rings (SSSR count). The summed E-state index contributed by atoms with van der Waals surface area (Å²) in [6.45, 7) is 7.65.